The molecule has 16 heavy (non-hydrogen) atoms. The van der Waals surface area contributed by atoms with E-state index in [4.69, 9.17) is 0 Å². The highest BCUT2D eigenvalue weighted by Crippen LogP contribution is 2.16. The van der Waals surface area contributed by atoms with E-state index >= 15 is 0 Å². The van der Waals surface area contributed by atoms with Gasteiger partial charge in [0, 0.05) is 12.4 Å². The van der Waals surface area contributed by atoms with Crippen molar-refractivity contribution in [2.75, 3.05) is 27.7 Å². The lowest BCUT2D eigenvalue weighted by Crippen LogP contribution is -2.50. The number of aliphatic hydroxyl groups is 1. The summed E-state index contributed by atoms with van der Waals surface area (Å²) in [5.74, 6) is -1.22. The molecule has 0 saturated carbocycles. The fourth-order valence-electron chi connectivity index (χ4n) is 1.71. The van der Waals surface area contributed by atoms with Gasteiger partial charge in [0.2, 0.25) is 0 Å². The first-order valence-corrected chi connectivity index (χ1v) is 5.59. The molecule has 0 rings (SSSR count). The van der Waals surface area contributed by atoms with Crippen molar-refractivity contribution in [3.05, 3.63) is 12.2 Å². The maximum absolute atomic E-state index is 10.6. The van der Waals surface area contributed by atoms with Gasteiger partial charge >= 0.3 is 0 Å². The van der Waals surface area contributed by atoms with E-state index in [1.54, 1.807) is 6.08 Å². The van der Waals surface area contributed by atoms with E-state index in [1.807, 2.05) is 34.1 Å². The number of nitrogens with zero attached hydrogens (tertiary/aromatic N) is 1. The smallest absolute Gasteiger partial charge is 0.137 e. The lowest BCUT2D eigenvalue weighted by Gasteiger charge is -2.34. The van der Waals surface area contributed by atoms with Gasteiger partial charge in [-0.25, -0.2) is 0 Å². The highest BCUT2D eigenvalue weighted by Gasteiger charge is 2.30. The fraction of sp³-hybridized carbons (Fsp3) is 0.750. The number of hydrogen-bond acceptors (Lipinski definition) is 3. The third kappa shape index (κ3) is 7.43. The Morgan fingerprint density at radius 1 is 1.44 bits per heavy atom. The maximum atomic E-state index is 10.6. The molecule has 1 unspecified atom stereocenters. The fourth-order valence-corrected chi connectivity index (χ4v) is 1.71. The van der Waals surface area contributed by atoms with Crippen LogP contribution >= 0.6 is 0 Å². The number of carbonyl (C=O) groups excluding carboxylic acids is 1. The van der Waals surface area contributed by atoms with E-state index in [1.165, 1.54) is 0 Å². The summed E-state index contributed by atoms with van der Waals surface area (Å²) >= 11 is 0. The molecule has 0 aromatic carbocycles. The number of carbonyl (C=O) groups is 1. The number of hydrogen-bond donors (Lipinski definition) is 1. The molecule has 0 aromatic rings. The predicted octanol–water partition coefficient (Wildman–Crippen LogP) is -0.0800. The molecule has 1 atom stereocenters. The Morgan fingerprint density at radius 3 is 2.38 bits per heavy atom. The summed E-state index contributed by atoms with van der Waals surface area (Å²) in [6.07, 6.45) is 4.88. The average molecular weight is 229 g/mol. The van der Waals surface area contributed by atoms with Gasteiger partial charge < -0.3 is 19.5 Å². The van der Waals surface area contributed by atoms with Crippen LogP contribution in [0.3, 0.4) is 0 Å². The monoisotopic (exact) mass is 229 g/mol. The van der Waals surface area contributed by atoms with Gasteiger partial charge in [-0.15, -0.1) is 0 Å². The second-order valence-electron chi connectivity index (χ2n) is 5.29. The number of unbranched alkanes of at least 4 members (excludes halogenated alkanes) is 1. The van der Waals surface area contributed by atoms with Crippen LogP contribution in [0.1, 0.15) is 26.2 Å². The first-order chi connectivity index (χ1) is 7.18. The third-order valence-electron chi connectivity index (χ3n) is 2.08. The number of quaternary nitrogens is 1. The minimum absolute atomic E-state index is 0.348. The minimum Gasteiger partial charge on any atom is -0.550 e. The van der Waals surface area contributed by atoms with Gasteiger partial charge in [-0.05, 0) is 6.42 Å². The van der Waals surface area contributed by atoms with Gasteiger partial charge in [0.05, 0.1) is 21.1 Å². The topological polar surface area (TPSA) is 60.4 Å². The molecule has 0 amide bonds. The zero-order valence-corrected chi connectivity index (χ0v) is 10.7. The molecule has 4 heteroatoms. The molecule has 0 aromatic heterocycles. The summed E-state index contributed by atoms with van der Waals surface area (Å²) in [5.41, 5.74) is -1.31. The summed E-state index contributed by atoms with van der Waals surface area (Å²) in [6, 6.07) is 0. The Morgan fingerprint density at radius 2 is 2.00 bits per heavy atom. The van der Waals surface area contributed by atoms with Crippen molar-refractivity contribution in [2.24, 2.45) is 0 Å². The van der Waals surface area contributed by atoms with Crippen molar-refractivity contribution in [3.8, 4) is 0 Å². The molecule has 1 N–H and O–H groups in total. The largest absolute Gasteiger partial charge is 0.550 e. The predicted molar refractivity (Wildman–Crippen MR) is 61.5 cm³/mol. The van der Waals surface area contributed by atoms with E-state index in [0.29, 0.717) is 11.0 Å². The Labute approximate surface area is 97.8 Å². The number of likely N-dealkylation sites (N-methyl/N-ethyl adjacent to an activating group) is 1. The van der Waals surface area contributed by atoms with Crippen LogP contribution in [-0.2, 0) is 4.79 Å². The maximum Gasteiger partial charge on any atom is 0.137 e. The van der Waals surface area contributed by atoms with Gasteiger partial charge in [-0.3, -0.25) is 0 Å². The van der Waals surface area contributed by atoms with Crippen LogP contribution in [-0.4, -0.2) is 48.8 Å². The van der Waals surface area contributed by atoms with Gasteiger partial charge in [-0.2, -0.15) is 0 Å². The van der Waals surface area contributed by atoms with Crippen molar-refractivity contribution in [3.63, 3.8) is 0 Å². The molecule has 94 valence electrons. The first kappa shape index (κ1) is 15.1. The number of rotatable bonds is 7. The molecule has 0 spiro atoms. The van der Waals surface area contributed by atoms with E-state index in [-0.39, 0.29) is 6.42 Å². The summed E-state index contributed by atoms with van der Waals surface area (Å²) in [6.45, 7) is 2.38. The molecule has 0 aliphatic heterocycles. The van der Waals surface area contributed by atoms with E-state index in [9.17, 15) is 15.0 Å². The van der Waals surface area contributed by atoms with Crippen LogP contribution in [0.15, 0.2) is 12.2 Å². The van der Waals surface area contributed by atoms with Gasteiger partial charge in [-0.1, -0.05) is 25.5 Å². The number of aliphatic carboxylic acids is 1. The van der Waals surface area contributed by atoms with Gasteiger partial charge in [0.25, 0.3) is 0 Å². The van der Waals surface area contributed by atoms with Crippen molar-refractivity contribution in [1.82, 2.24) is 0 Å². The molecule has 4 nitrogen and oxygen atoms in total. The van der Waals surface area contributed by atoms with Crippen LogP contribution in [0, 0.1) is 0 Å². The lowest BCUT2D eigenvalue weighted by molar-refractivity contribution is -0.876. The van der Waals surface area contributed by atoms with E-state index in [0.717, 1.165) is 12.8 Å². The highest BCUT2D eigenvalue weighted by molar-refractivity contribution is 5.66. The quantitative estimate of drug-likeness (QED) is 0.490. The summed E-state index contributed by atoms with van der Waals surface area (Å²) < 4.78 is 0.500. The molecule has 0 aliphatic rings. The zero-order valence-electron chi connectivity index (χ0n) is 10.7. The van der Waals surface area contributed by atoms with Crippen LogP contribution in [0.5, 0.6) is 0 Å². The standard InChI is InChI=1S/C12H23NO3/c1-5-6-7-8-12(16,9-11(14)15)10-13(2,3)4/h7-8,16H,5-6,9-10H2,1-4H3. The molecular weight excluding hydrogens is 206 g/mol. The Hall–Kier alpha value is -0.870. The van der Waals surface area contributed by atoms with Crippen molar-refractivity contribution in [2.45, 2.75) is 31.8 Å². The minimum atomic E-state index is -1.31. The van der Waals surface area contributed by atoms with E-state index < -0.39 is 11.6 Å². The molecule has 0 heterocycles. The van der Waals surface area contributed by atoms with Crippen LogP contribution in [0.25, 0.3) is 0 Å². The summed E-state index contributed by atoms with van der Waals surface area (Å²) in [7, 11) is 5.73. The SMILES string of the molecule is CCCC=CC(O)(CC(=O)[O-])C[N+](C)(C)C. The number of allylic oxidation sites excluding steroid dienone is 1. The summed E-state index contributed by atoms with van der Waals surface area (Å²) in [4.78, 5) is 10.6. The Balaban J connectivity index is 4.67. The van der Waals surface area contributed by atoms with Gasteiger partial charge in [0.15, 0.2) is 0 Å². The second-order valence-corrected chi connectivity index (χ2v) is 5.29. The Kier molecular flexibility index (Phi) is 5.68. The highest BCUT2D eigenvalue weighted by atomic mass is 16.4. The second kappa shape index (κ2) is 6.01. The van der Waals surface area contributed by atoms with Crippen molar-refractivity contribution >= 4 is 5.97 Å². The Bertz CT molecular complexity index is 255. The number of carboxylic acid groups (broad SMARTS) is 1. The molecule has 0 fully saturated rings. The molecule has 0 aliphatic carbocycles. The van der Waals surface area contributed by atoms with E-state index in [2.05, 4.69) is 0 Å². The normalized spacial score (nSPS) is 16.3. The van der Waals surface area contributed by atoms with Crippen LogP contribution < -0.4 is 5.11 Å². The lowest BCUT2D eigenvalue weighted by atomic mass is 9.97. The first-order valence-electron chi connectivity index (χ1n) is 5.59. The number of carboxylic acids is 1. The molecule has 0 radical (unpaired) electrons. The summed E-state index contributed by atoms with van der Waals surface area (Å²) in [5, 5.41) is 20.8. The average Bonchev–Trinajstić information content (AvgIpc) is 1.98. The molecule has 0 bridgehead atoms. The molecule has 0 saturated heterocycles. The third-order valence-corrected chi connectivity index (χ3v) is 2.08. The zero-order chi connectivity index (χ0) is 12.8. The molecular formula is C12H23NO3. The van der Waals surface area contributed by atoms with Crippen LogP contribution in [0.2, 0.25) is 0 Å². The van der Waals surface area contributed by atoms with Gasteiger partial charge in [0.1, 0.15) is 12.1 Å². The van der Waals surface area contributed by atoms with Crippen LogP contribution in [0.4, 0.5) is 0 Å². The van der Waals surface area contributed by atoms with Crippen molar-refractivity contribution < 1.29 is 19.5 Å². The van der Waals surface area contributed by atoms with Crippen molar-refractivity contribution in [1.29, 1.82) is 0 Å².